The molecule has 1 aromatic heterocycles. The summed E-state index contributed by atoms with van der Waals surface area (Å²) in [6.45, 7) is 0. The van der Waals surface area contributed by atoms with E-state index in [9.17, 15) is 8.42 Å². The van der Waals surface area contributed by atoms with Gasteiger partial charge in [-0.25, -0.2) is 8.42 Å². The number of hydrogen-bond donors (Lipinski definition) is 0. The van der Waals surface area contributed by atoms with Gasteiger partial charge in [-0.1, -0.05) is 78.9 Å². The highest BCUT2D eigenvalue weighted by Crippen LogP contribution is 2.33. The SMILES string of the molecule is O=S(=O)(Cc1ccccc1)c1nc(-c2ccccc2)oc1-c1ccccc1. The Hall–Kier alpha value is -3.18. The first-order chi connectivity index (χ1) is 13.1. The first-order valence-electron chi connectivity index (χ1n) is 8.52. The third-order valence-corrected chi connectivity index (χ3v) is 5.73. The van der Waals surface area contributed by atoms with E-state index in [1.807, 2.05) is 78.9 Å². The van der Waals surface area contributed by atoms with Gasteiger partial charge in [-0.3, -0.25) is 0 Å². The molecule has 4 nitrogen and oxygen atoms in total. The summed E-state index contributed by atoms with van der Waals surface area (Å²) in [5.74, 6) is 0.431. The molecule has 0 fully saturated rings. The molecule has 5 heteroatoms. The number of sulfone groups is 1. The van der Waals surface area contributed by atoms with Crippen LogP contribution in [-0.2, 0) is 15.6 Å². The smallest absolute Gasteiger partial charge is 0.228 e. The lowest BCUT2D eigenvalue weighted by molar-refractivity contribution is 0.579. The van der Waals surface area contributed by atoms with Crippen molar-refractivity contribution in [2.75, 3.05) is 0 Å². The molecule has 0 aliphatic carbocycles. The first-order valence-corrected chi connectivity index (χ1v) is 10.2. The van der Waals surface area contributed by atoms with E-state index in [2.05, 4.69) is 4.98 Å². The topological polar surface area (TPSA) is 60.2 Å². The van der Waals surface area contributed by atoms with E-state index in [1.54, 1.807) is 12.1 Å². The average Bonchev–Trinajstić information content (AvgIpc) is 3.16. The molecule has 134 valence electrons. The molecule has 0 atom stereocenters. The van der Waals surface area contributed by atoms with Crippen LogP contribution in [0.25, 0.3) is 22.8 Å². The summed E-state index contributed by atoms with van der Waals surface area (Å²) in [5, 5.41) is -0.0311. The summed E-state index contributed by atoms with van der Waals surface area (Å²) in [4.78, 5) is 4.37. The van der Waals surface area contributed by atoms with Gasteiger partial charge < -0.3 is 4.42 Å². The van der Waals surface area contributed by atoms with E-state index in [0.29, 0.717) is 17.0 Å². The molecule has 0 unspecified atom stereocenters. The van der Waals surface area contributed by atoms with Gasteiger partial charge in [0, 0.05) is 11.1 Å². The maximum absolute atomic E-state index is 13.1. The number of benzene rings is 3. The van der Waals surface area contributed by atoms with E-state index in [-0.39, 0.29) is 16.5 Å². The molecular formula is C22H17NO3S. The van der Waals surface area contributed by atoms with Crippen LogP contribution in [0.3, 0.4) is 0 Å². The normalized spacial score (nSPS) is 11.4. The molecule has 0 amide bonds. The summed E-state index contributed by atoms with van der Waals surface area (Å²) in [5.41, 5.74) is 2.12. The lowest BCUT2D eigenvalue weighted by Gasteiger charge is -2.04. The molecule has 4 aromatic rings. The van der Waals surface area contributed by atoms with Crippen LogP contribution in [0.5, 0.6) is 0 Å². The molecular weight excluding hydrogens is 358 g/mol. The zero-order valence-corrected chi connectivity index (χ0v) is 15.3. The van der Waals surface area contributed by atoms with Gasteiger partial charge in [0.2, 0.25) is 20.8 Å². The molecule has 0 radical (unpaired) electrons. The molecule has 0 saturated heterocycles. The van der Waals surface area contributed by atoms with Gasteiger partial charge in [-0.15, -0.1) is 0 Å². The second kappa shape index (κ2) is 7.21. The Labute approximate surface area is 158 Å². The van der Waals surface area contributed by atoms with Crippen LogP contribution >= 0.6 is 0 Å². The molecule has 0 N–H and O–H groups in total. The molecule has 1 heterocycles. The Bertz CT molecular complexity index is 1140. The summed E-state index contributed by atoms with van der Waals surface area (Å²) >= 11 is 0. The van der Waals surface area contributed by atoms with E-state index in [4.69, 9.17) is 4.42 Å². The van der Waals surface area contributed by atoms with Crippen molar-refractivity contribution in [1.82, 2.24) is 4.98 Å². The van der Waals surface area contributed by atoms with Crippen LogP contribution in [0.15, 0.2) is 100 Å². The largest absolute Gasteiger partial charge is 0.435 e. The Balaban J connectivity index is 1.84. The quantitative estimate of drug-likeness (QED) is 0.493. The van der Waals surface area contributed by atoms with E-state index >= 15 is 0 Å². The van der Waals surface area contributed by atoms with Crippen LogP contribution in [0.4, 0.5) is 0 Å². The van der Waals surface area contributed by atoms with Crippen LogP contribution < -0.4 is 0 Å². The van der Waals surface area contributed by atoms with Crippen molar-refractivity contribution in [2.45, 2.75) is 10.8 Å². The third-order valence-electron chi connectivity index (χ3n) is 4.15. The Morgan fingerprint density at radius 2 is 1.22 bits per heavy atom. The first kappa shape index (κ1) is 17.2. The van der Waals surface area contributed by atoms with Gasteiger partial charge in [0.25, 0.3) is 0 Å². The van der Waals surface area contributed by atoms with E-state index in [0.717, 1.165) is 5.56 Å². The standard InChI is InChI=1S/C22H17NO3S/c24-27(25,16-17-10-4-1-5-11-17)22-20(18-12-6-2-7-13-18)26-21(23-22)19-14-8-3-9-15-19/h1-15H,16H2. The molecule has 3 aromatic carbocycles. The Morgan fingerprint density at radius 1 is 0.704 bits per heavy atom. The fourth-order valence-corrected chi connectivity index (χ4v) is 4.29. The van der Waals surface area contributed by atoms with Crippen molar-refractivity contribution in [1.29, 1.82) is 0 Å². The lowest BCUT2D eigenvalue weighted by atomic mass is 10.2. The average molecular weight is 375 g/mol. The molecule has 0 saturated carbocycles. The Morgan fingerprint density at radius 3 is 1.81 bits per heavy atom. The minimum atomic E-state index is -3.68. The van der Waals surface area contributed by atoms with Crippen molar-refractivity contribution >= 4 is 9.84 Å². The lowest BCUT2D eigenvalue weighted by Crippen LogP contribution is -2.07. The van der Waals surface area contributed by atoms with Gasteiger partial charge >= 0.3 is 0 Å². The number of hydrogen-bond acceptors (Lipinski definition) is 4. The minimum Gasteiger partial charge on any atom is -0.435 e. The molecule has 4 rings (SSSR count). The molecule has 27 heavy (non-hydrogen) atoms. The maximum atomic E-state index is 13.1. The third kappa shape index (κ3) is 3.68. The monoisotopic (exact) mass is 375 g/mol. The van der Waals surface area contributed by atoms with Crippen LogP contribution in [-0.4, -0.2) is 13.4 Å². The van der Waals surface area contributed by atoms with Gasteiger partial charge in [-0.2, -0.15) is 4.98 Å². The molecule has 0 bridgehead atoms. The van der Waals surface area contributed by atoms with Crippen molar-refractivity contribution < 1.29 is 12.8 Å². The zero-order valence-electron chi connectivity index (χ0n) is 14.4. The summed E-state index contributed by atoms with van der Waals surface area (Å²) < 4.78 is 32.2. The Kier molecular flexibility index (Phi) is 4.60. The van der Waals surface area contributed by atoms with Gasteiger partial charge in [0.1, 0.15) is 0 Å². The number of nitrogens with zero attached hydrogens (tertiary/aromatic N) is 1. The fraction of sp³-hybridized carbons (Fsp3) is 0.0455. The van der Waals surface area contributed by atoms with Crippen LogP contribution in [0.1, 0.15) is 5.56 Å². The number of oxazole rings is 1. The van der Waals surface area contributed by atoms with Crippen molar-refractivity contribution in [3.63, 3.8) is 0 Å². The molecule has 0 aliphatic rings. The predicted molar refractivity (Wildman–Crippen MR) is 105 cm³/mol. The molecule has 0 aliphatic heterocycles. The minimum absolute atomic E-state index is 0.0311. The van der Waals surface area contributed by atoms with Gasteiger partial charge in [0.05, 0.1) is 5.75 Å². The predicted octanol–water partition coefficient (Wildman–Crippen LogP) is 4.98. The zero-order chi connectivity index (χ0) is 18.7. The van der Waals surface area contributed by atoms with Crippen LogP contribution in [0.2, 0.25) is 0 Å². The van der Waals surface area contributed by atoms with E-state index in [1.165, 1.54) is 0 Å². The van der Waals surface area contributed by atoms with Crippen molar-refractivity contribution in [3.05, 3.63) is 96.6 Å². The number of aromatic nitrogens is 1. The highest BCUT2D eigenvalue weighted by molar-refractivity contribution is 7.90. The van der Waals surface area contributed by atoms with Gasteiger partial charge in [0.15, 0.2) is 5.76 Å². The molecule has 0 spiro atoms. The second-order valence-electron chi connectivity index (χ2n) is 6.13. The highest BCUT2D eigenvalue weighted by atomic mass is 32.2. The van der Waals surface area contributed by atoms with Crippen molar-refractivity contribution in [3.8, 4) is 22.8 Å². The summed E-state index contributed by atoms with van der Waals surface area (Å²) in [6, 6.07) is 27.6. The highest BCUT2D eigenvalue weighted by Gasteiger charge is 2.27. The summed E-state index contributed by atoms with van der Waals surface area (Å²) in [7, 11) is -3.68. The van der Waals surface area contributed by atoms with E-state index < -0.39 is 9.84 Å². The maximum Gasteiger partial charge on any atom is 0.228 e. The number of rotatable bonds is 5. The second-order valence-corrected chi connectivity index (χ2v) is 8.03. The van der Waals surface area contributed by atoms with Crippen LogP contribution in [0, 0.1) is 0 Å². The van der Waals surface area contributed by atoms with Crippen molar-refractivity contribution in [2.24, 2.45) is 0 Å². The fourth-order valence-electron chi connectivity index (χ4n) is 2.86. The summed E-state index contributed by atoms with van der Waals surface area (Å²) in [6.07, 6.45) is 0. The van der Waals surface area contributed by atoms with Gasteiger partial charge in [-0.05, 0) is 17.7 Å².